The highest BCUT2D eigenvalue weighted by Crippen LogP contribution is 2.34. The summed E-state index contributed by atoms with van der Waals surface area (Å²) in [5, 5.41) is 13.7. The second kappa shape index (κ2) is 7.86. The molecule has 0 amide bonds. The summed E-state index contributed by atoms with van der Waals surface area (Å²) in [6, 6.07) is 8.08. The smallest absolute Gasteiger partial charge is 0.254 e. The molecule has 0 atom stereocenters. The molecular formula is C22H14N12S2. The van der Waals surface area contributed by atoms with Gasteiger partial charge >= 0.3 is 0 Å². The van der Waals surface area contributed by atoms with Crippen molar-refractivity contribution >= 4 is 45.9 Å². The number of rotatable bonds is 4. The molecule has 36 heavy (non-hydrogen) atoms. The van der Waals surface area contributed by atoms with E-state index in [2.05, 4.69) is 30.1 Å². The molecule has 0 aliphatic heterocycles. The van der Waals surface area contributed by atoms with Crippen LogP contribution in [0.4, 0.5) is 11.6 Å². The van der Waals surface area contributed by atoms with E-state index < -0.39 is 0 Å². The van der Waals surface area contributed by atoms with E-state index in [-0.39, 0.29) is 0 Å². The fourth-order valence-electron chi connectivity index (χ4n) is 3.79. The van der Waals surface area contributed by atoms with Crippen molar-refractivity contribution < 1.29 is 0 Å². The topological polar surface area (TPSA) is 164 Å². The van der Waals surface area contributed by atoms with Gasteiger partial charge in [0.25, 0.3) is 11.6 Å². The molecule has 7 aromatic rings. The zero-order valence-corrected chi connectivity index (χ0v) is 19.8. The first-order chi connectivity index (χ1) is 17.7. The number of fused-ring (bicyclic) bond motifs is 2. The van der Waals surface area contributed by atoms with Crippen molar-refractivity contribution in [1.82, 2.24) is 49.1 Å². The second-order valence-corrected chi connectivity index (χ2v) is 9.43. The van der Waals surface area contributed by atoms with Crippen molar-refractivity contribution in [2.24, 2.45) is 0 Å². The summed E-state index contributed by atoms with van der Waals surface area (Å²) in [4.78, 5) is 26.2. The minimum absolute atomic E-state index is 0.451. The Morgan fingerprint density at radius 3 is 1.50 bits per heavy atom. The third-order valence-corrected chi connectivity index (χ3v) is 7.38. The van der Waals surface area contributed by atoms with Crippen LogP contribution in [-0.4, -0.2) is 49.1 Å². The lowest BCUT2D eigenvalue weighted by Gasteiger charge is -2.03. The quantitative estimate of drug-likeness (QED) is 0.359. The average molecular weight is 511 g/mol. The van der Waals surface area contributed by atoms with Crippen LogP contribution in [0.1, 0.15) is 0 Å². The van der Waals surface area contributed by atoms with Gasteiger partial charge in [0.15, 0.2) is 0 Å². The molecule has 174 valence electrons. The molecule has 0 saturated heterocycles. The molecule has 4 N–H and O–H groups in total. The number of nitrogen functional groups attached to an aromatic ring is 2. The average Bonchev–Trinajstić information content (AvgIpc) is 3.71. The summed E-state index contributed by atoms with van der Waals surface area (Å²) in [7, 11) is 0. The van der Waals surface area contributed by atoms with Gasteiger partial charge in [-0.05, 0) is 0 Å². The molecule has 0 bridgehead atoms. The maximum atomic E-state index is 6.26. The van der Waals surface area contributed by atoms with Gasteiger partial charge < -0.3 is 11.5 Å². The molecule has 12 nitrogen and oxygen atoms in total. The highest BCUT2D eigenvalue weighted by molar-refractivity contribution is 7.13. The third-order valence-electron chi connectivity index (χ3n) is 5.63. The molecule has 0 fully saturated rings. The number of hydrogen-bond acceptors (Lipinski definition) is 12. The SMILES string of the molecule is Nc1c(-c2nc(-c3ccc(-c4csc(-c5cnc6ncnn6c5N)n4)cc3)cs2)cnc2ncnn12. The number of hydrogen-bond donors (Lipinski definition) is 2. The highest BCUT2D eigenvalue weighted by Gasteiger charge is 2.16. The van der Waals surface area contributed by atoms with Gasteiger partial charge in [0.1, 0.15) is 34.3 Å². The summed E-state index contributed by atoms with van der Waals surface area (Å²) in [6.07, 6.45) is 6.19. The second-order valence-electron chi connectivity index (χ2n) is 7.71. The van der Waals surface area contributed by atoms with Gasteiger partial charge in [-0.15, -0.1) is 22.7 Å². The maximum absolute atomic E-state index is 6.26. The summed E-state index contributed by atoms with van der Waals surface area (Å²) in [6.45, 7) is 0. The summed E-state index contributed by atoms with van der Waals surface area (Å²) >= 11 is 2.99. The van der Waals surface area contributed by atoms with E-state index in [0.717, 1.165) is 32.5 Å². The van der Waals surface area contributed by atoms with Crippen LogP contribution in [0.3, 0.4) is 0 Å². The molecule has 0 spiro atoms. The fourth-order valence-corrected chi connectivity index (χ4v) is 5.49. The molecule has 14 heteroatoms. The van der Waals surface area contributed by atoms with Crippen molar-refractivity contribution in [3.8, 4) is 43.7 Å². The number of anilines is 2. The highest BCUT2D eigenvalue weighted by atomic mass is 32.1. The Balaban J connectivity index is 1.17. The Bertz CT molecular complexity index is 1740. The molecule has 0 aliphatic carbocycles. The van der Waals surface area contributed by atoms with Crippen molar-refractivity contribution in [2.75, 3.05) is 11.5 Å². The molecule has 0 saturated carbocycles. The Hall–Kier alpha value is -4.82. The Morgan fingerprint density at radius 2 is 1.06 bits per heavy atom. The normalized spacial score (nSPS) is 11.6. The van der Waals surface area contributed by atoms with E-state index in [4.69, 9.17) is 21.4 Å². The third kappa shape index (κ3) is 3.19. The van der Waals surface area contributed by atoms with Gasteiger partial charge in [-0.2, -0.15) is 29.2 Å². The van der Waals surface area contributed by atoms with Crippen LogP contribution < -0.4 is 11.5 Å². The van der Waals surface area contributed by atoms with Gasteiger partial charge in [-0.1, -0.05) is 24.3 Å². The van der Waals surface area contributed by atoms with Crippen molar-refractivity contribution in [2.45, 2.75) is 0 Å². The Kier molecular flexibility index (Phi) is 4.49. The fraction of sp³-hybridized carbons (Fsp3) is 0. The van der Waals surface area contributed by atoms with Crippen LogP contribution in [0, 0.1) is 0 Å². The van der Waals surface area contributed by atoms with Gasteiger partial charge in [-0.3, -0.25) is 0 Å². The summed E-state index contributed by atoms with van der Waals surface area (Å²) in [5.74, 6) is 1.80. The zero-order chi connectivity index (χ0) is 24.2. The molecule has 1 aromatic carbocycles. The van der Waals surface area contributed by atoms with Gasteiger partial charge in [-0.25, -0.2) is 19.9 Å². The summed E-state index contributed by atoms with van der Waals surface area (Å²) < 4.78 is 3.00. The van der Waals surface area contributed by atoms with Gasteiger partial charge in [0.05, 0.1) is 22.5 Å². The van der Waals surface area contributed by atoms with E-state index in [0.29, 0.717) is 34.3 Å². The molecular weight excluding hydrogens is 496 g/mol. The van der Waals surface area contributed by atoms with E-state index in [1.54, 1.807) is 12.4 Å². The first-order valence-electron chi connectivity index (χ1n) is 10.6. The lowest BCUT2D eigenvalue weighted by atomic mass is 10.1. The van der Waals surface area contributed by atoms with Crippen LogP contribution in [0.25, 0.3) is 55.2 Å². The maximum Gasteiger partial charge on any atom is 0.254 e. The van der Waals surface area contributed by atoms with Crippen LogP contribution in [0.5, 0.6) is 0 Å². The molecule has 0 radical (unpaired) electrons. The molecule has 0 aliphatic rings. The molecule has 6 heterocycles. The summed E-state index contributed by atoms with van der Waals surface area (Å²) in [5.41, 5.74) is 17.6. The Labute approximate surface area is 210 Å². The number of nitrogens with zero attached hydrogens (tertiary/aromatic N) is 10. The van der Waals surface area contributed by atoms with Crippen molar-refractivity contribution in [3.05, 3.63) is 60.1 Å². The molecule has 7 rings (SSSR count). The van der Waals surface area contributed by atoms with Crippen LogP contribution in [-0.2, 0) is 0 Å². The van der Waals surface area contributed by atoms with Gasteiger partial charge in [0.2, 0.25) is 0 Å². The van der Waals surface area contributed by atoms with Gasteiger partial charge in [0, 0.05) is 34.3 Å². The lowest BCUT2D eigenvalue weighted by Crippen LogP contribution is -2.02. The van der Waals surface area contributed by atoms with E-state index >= 15 is 0 Å². The van der Waals surface area contributed by atoms with Crippen LogP contribution in [0.15, 0.2) is 60.1 Å². The van der Waals surface area contributed by atoms with E-state index in [9.17, 15) is 0 Å². The monoisotopic (exact) mass is 510 g/mol. The van der Waals surface area contributed by atoms with E-state index in [1.807, 2.05) is 35.0 Å². The van der Waals surface area contributed by atoms with E-state index in [1.165, 1.54) is 44.4 Å². The number of aromatic nitrogens is 10. The van der Waals surface area contributed by atoms with Crippen LogP contribution >= 0.6 is 22.7 Å². The zero-order valence-electron chi connectivity index (χ0n) is 18.2. The predicted octanol–water partition coefficient (Wildman–Crippen LogP) is 3.31. The standard InChI is InChI=1S/C22H14N12S2/c23-17-13(5-25-21-27-9-29-33(17)21)19-31-15(7-35-19)11-1-2-12(4-3-11)16-8-36-20(32-16)14-6-26-22-28-10-30-34(22)18(14)24/h1-10H,23-24H2. The largest absolute Gasteiger partial charge is 0.383 e. The number of benzene rings is 1. The first kappa shape index (κ1) is 20.5. The predicted molar refractivity (Wildman–Crippen MR) is 137 cm³/mol. The van der Waals surface area contributed by atoms with Crippen molar-refractivity contribution in [1.29, 1.82) is 0 Å². The van der Waals surface area contributed by atoms with Crippen molar-refractivity contribution in [3.63, 3.8) is 0 Å². The minimum Gasteiger partial charge on any atom is -0.383 e. The number of nitrogens with two attached hydrogens (primary N) is 2. The molecule has 6 aromatic heterocycles. The number of thiazole rings is 2. The Morgan fingerprint density at radius 1 is 0.611 bits per heavy atom. The molecule has 0 unspecified atom stereocenters. The minimum atomic E-state index is 0.451. The lowest BCUT2D eigenvalue weighted by molar-refractivity contribution is 0.953. The van der Waals surface area contributed by atoms with Crippen LogP contribution in [0.2, 0.25) is 0 Å². The first-order valence-corrected chi connectivity index (χ1v) is 12.3.